The van der Waals surface area contributed by atoms with Crippen LogP contribution >= 0.6 is 0 Å². The van der Waals surface area contributed by atoms with Crippen LogP contribution in [0.15, 0.2) is 78.0 Å². The number of hydrogen-bond acceptors (Lipinski definition) is 5. The molecule has 0 aliphatic carbocycles. The Morgan fingerprint density at radius 2 is 1.77 bits per heavy atom. The van der Waals surface area contributed by atoms with Crippen molar-refractivity contribution in [2.24, 2.45) is 10.7 Å². The molecule has 8 nitrogen and oxygen atoms in total. The molecule has 0 amide bonds. The molecule has 0 saturated heterocycles. The summed E-state index contributed by atoms with van der Waals surface area (Å²) in [6.07, 6.45) is 4.11. The van der Waals surface area contributed by atoms with Crippen molar-refractivity contribution in [1.29, 1.82) is 0 Å². The topological polar surface area (TPSA) is 98.7 Å². The lowest BCUT2D eigenvalue weighted by Gasteiger charge is -2.17. The van der Waals surface area contributed by atoms with Gasteiger partial charge in [-0.15, -0.1) is 0 Å². The van der Waals surface area contributed by atoms with E-state index in [2.05, 4.69) is 25.2 Å². The Bertz CT molecular complexity index is 914. The lowest BCUT2D eigenvalue weighted by atomic mass is 10.3. The molecule has 1 atom stereocenters. The maximum absolute atomic E-state index is 5.96. The van der Waals surface area contributed by atoms with Gasteiger partial charge in [0.05, 0.1) is 13.2 Å². The molecule has 4 N–H and O–H groups in total. The number of aromatic nitrogens is 2. The Hall–Kier alpha value is -3.36. The molecule has 1 aromatic heterocycles. The Labute approximate surface area is 183 Å². The van der Waals surface area contributed by atoms with Crippen LogP contribution < -0.4 is 16.4 Å². The number of rotatable bonds is 12. The van der Waals surface area contributed by atoms with Gasteiger partial charge >= 0.3 is 0 Å². The van der Waals surface area contributed by atoms with E-state index < -0.39 is 6.29 Å². The van der Waals surface area contributed by atoms with Gasteiger partial charge in [0.2, 0.25) is 5.95 Å². The van der Waals surface area contributed by atoms with Gasteiger partial charge in [0.15, 0.2) is 12.2 Å². The highest BCUT2D eigenvalue weighted by molar-refractivity contribution is 5.92. The number of nitrogens with zero attached hydrogens (tertiary/aromatic N) is 3. The quantitative estimate of drug-likeness (QED) is 0.178. The SMILES string of the molecule is CCOC(CN=C(N)Nc1ccccc1)OCCCn1ccnc1Nc1ccccc1. The van der Waals surface area contributed by atoms with Gasteiger partial charge in [0.25, 0.3) is 0 Å². The van der Waals surface area contributed by atoms with Crippen molar-refractivity contribution in [2.45, 2.75) is 26.2 Å². The second-order valence-electron chi connectivity index (χ2n) is 6.76. The number of nitrogens with two attached hydrogens (primary N) is 1. The highest BCUT2D eigenvalue weighted by Gasteiger charge is 2.09. The van der Waals surface area contributed by atoms with Gasteiger partial charge in [-0.3, -0.25) is 0 Å². The summed E-state index contributed by atoms with van der Waals surface area (Å²) < 4.78 is 13.6. The smallest absolute Gasteiger partial charge is 0.207 e. The molecule has 3 aromatic rings. The molecule has 1 unspecified atom stereocenters. The van der Waals surface area contributed by atoms with Gasteiger partial charge < -0.3 is 30.4 Å². The van der Waals surface area contributed by atoms with Crippen LogP contribution in [0.5, 0.6) is 0 Å². The zero-order chi connectivity index (χ0) is 21.7. The first kappa shape index (κ1) is 22.3. The number of imidazole rings is 1. The highest BCUT2D eigenvalue weighted by Crippen LogP contribution is 2.14. The van der Waals surface area contributed by atoms with Gasteiger partial charge in [-0.25, -0.2) is 9.98 Å². The predicted molar refractivity (Wildman–Crippen MR) is 124 cm³/mol. The number of aliphatic imine (C=N–C) groups is 1. The first-order chi connectivity index (χ1) is 15.2. The monoisotopic (exact) mass is 422 g/mol. The molecular weight excluding hydrogens is 392 g/mol. The van der Waals surface area contributed by atoms with Crippen LogP contribution in [-0.2, 0) is 16.0 Å². The molecule has 31 heavy (non-hydrogen) atoms. The largest absolute Gasteiger partial charge is 0.370 e. The minimum absolute atomic E-state index is 0.325. The molecule has 0 radical (unpaired) electrons. The number of guanidine groups is 1. The molecule has 8 heteroatoms. The summed E-state index contributed by atoms with van der Waals surface area (Å²) in [5.74, 6) is 1.13. The van der Waals surface area contributed by atoms with Crippen molar-refractivity contribution >= 4 is 23.3 Å². The van der Waals surface area contributed by atoms with Crippen LogP contribution in [0.25, 0.3) is 0 Å². The number of benzene rings is 2. The lowest BCUT2D eigenvalue weighted by Crippen LogP contribution is -2.27. The number of para-hydroxylation sites is 2. The average Bonchev–Trinajstić information content (AvgIpc) is 3.23. The van der Waals surface area contributed by atoms with E-state index in [1.54, 1.807) is 6.20 Å². The van der Waals surface area contributed by atoms with Gasteiger partial charge in [-0.2, -0.15) is 0 Å². The van der Waals surface area contributed by atoms with Gasteiger partial charge in [0, 0.05) is 36.9 Å². The van der Waals surface area contributed by atoms with E-state index in [9.17, 15) is 0 Å². The van der Waals surface area contributed by atoms with Crippen LogP contribution in [0.3, 0.4) is 0 Å². The van der Waals surface area contributed by atoms with E-state index in [0.29, 0.717) is 25.7 Å². The van der Waals surface area contributed by atoms with E-state index in [4.69, 9.17) is 15.2 Å². The number of ether oxygens (including phenoxy) is 2. The van der Waals surface area contributed by atoms with E-state index >= 15 is 0 Å². The second-order valence-corrected chi connectivity index (χ2v) is 6.76. The van der Waals surface area contributed by atoms with E-state index in [0.717, 1.165) is 30.3 Å². The molecular formula is C23H30N6O2. The van der Waals surface area contributed by atoms with Crippen molar-refractivity contribution in [2.75, 3.05) is 30.4 Å². The van der Waals surface area contributed by atoms with E-state index in [-0.39, 0.29) is 0 Å². The van der Waals surface area contributed by atoms with Crippen molar-refractivity contribution in [3.8, 4) is 0 Å². The van der Waals surface area contributed by atoms with Crippen LogP contribution in [0.2, 0.25) is 0 Å². The Kier molecular flexibility index (Phi) is 8.90. The zero-order valence-corrected chi connectivity index (χ0v) is 17.8. The third-order valence-corrected chi connectivity index (χ3v) is 4.40. The van der Waals surface area contributed by atoms with Gasteiger partial charge in [-0.1, -0.05) is 36.4 Å². The summed E-state index contributed by atoms with van der Waals surface area (Å²) in [5.41, 5.74) is 7.85. The third kappa shape index (κ3) is 7.76. The van der Waals surface area contributed by atoms with Crippen molar-refractivity contribution in [1.82, 2.24) is 9.55 Å². The van der Waals surface area contributed by atoms with Crippen LogP contribution in [0.1, 0.15) is 13.3 Å². The normalized spacial score (nSPS) is 12.5. The summed E-state index contributed by atoms with van der Waals surface area (Å²) in [6, 6.07) is 19.6. The molecule has 2 aromatic carbocycles. The maximum atomic E-state index is 5.96. The van der Waals surface area contributed by atoms with Crippen molar-refractivity contribution < 1.29 is 9.47 Å². The minimum Gasteiger partial charge on any atom is -0.370 e. The van der Waals surface area contributed by atoms with E-state index in [1.807, 2.05) is 73.8 Å². The molecule has 164 valence electrons. The number of hydrogen-bond donors (Lipinski definition) is 3. The fourth-order valence-electron chi connectivity index (χ4n) is 2.94. The lowest BCUT2D eigenvalue weighted by molar-refractivity contribution is -0.132. The molecule has 0 fully saturated rings. The molecule has 0 aliphatic heterocycles. The molecule has 0 saturated carbocycles. The molecule has 0 spiro atoms. The first-order valence-electron chi connectivity index (χ1n) is 10.4. The first-order valence-corrected chi connectivity index (χ1v) is 10.4. The van der Waals surface area contributed by atoms with Gasteiger partial charge in [-0.05, 0) is 37.6 Å². The van der Waals surface area contributed by atoms with Gasteiger partial charge in [0.1, 0.15) is 0 Å². The molecule has 0 aliphatic rings. The summed E-state index contributed by atoms with van der Waals surface area (Å²) in [4.78, 5) is 8.72. The summed E-state index contributed by atoms with van der Waals surface area (Å²) in [7, 11) is 0. The minimum atomic E-state index is -0.439. The summed E-state index contributed by atoms with van der Waals surface area (Å²) >= 11 is 0. The molecule has 3 rings (SSSR count). The number of anilines is 3. The molecule has 1 heterocycles. The Morgan fingerprint density at radius 1 is 1.06 bits per heavy atom. The standard InChI is InChI=1S/C23H30N6O2/c1-2-30-21(18-26-22(24)27-19-10-5-3-6-11-19)31-17-9-15-29-16-14-25-23(29)28-20-12-7-4-8-13-20/h3-8,10-14,16,21H,2,9,15,17-18H2,1H3,(H,25,28)(H3,24,26,27). The fourth-order valence-corrected chi connectivity index (χ4v) is 2.94. The Morgan fingerprint density at radius 3 is 2.48 bits per heavy atom. The third-order valence-electron chi connectivity index (χ3n) is 4.40. The number of aryl methyl sites for hydroxylation is 1. The summed E-state index contributed by atoms with van der Waals surface area (Å²) in [5, 5.41) is 6.37. The zero-order valence-electron chi connectivity index (χ0n) is 17.8. The second kappa shape index (κ2) is 12.4. The van der Waals surface area contributed by atoms with Crippen molar-refractivity contribution in [3.05, 3.63) is 73.1 Å². The van der Waals surface area contributed by atoms with E-state index in [1.165, 1.54) is 0 Å². The average molecular weight is 423 g/mol. The van der Waals surface area contributed by atoms with Crippen molar-refractivity contribution in [3.63, 3.8) is 0 Å². The predicted octanol–water partition coefficient (Wildman–Crippen LogP) is 3.82. The number of nitrogens with one attached hydrogen (secondary N) is 2. The van der Waals surface area contributed by atoms with Crippen LogP contribution in [0.4, 0.5) is 17.3 Å². The summed E-state index contributed by atoms with van der Waals surface area (Å²) in [6.45, 7) is 4.10. The van der Waals surface area contributed by atoms with Crippen LogP contribution in [-0.4, -0.2) is 41.6 Å². The molecule has 0 bridgehead atoms. The fraction of sp³-hybridized carbons (Fsp3) is 0.304. The van der Waals surface area contributed by atoms with Crippen LogP contribution in [0, 0.1) is 0 Å². The maximum Gasteiger partial charge on any atom is 0.207 e. The Balaban J connectivity index is 1.43. The highest BCUT2D eigenvalue weighted by atomic mass is 16.7.